The largest absolute Gasteiger partial charge is 0.497 e. The van der Waals surface area contributed by atoms with Gasteiger partial charge >= 0.3 is 0 Å². The molecule has 0 spiro atoms. The summed E-state index contributed by atoms with van der Waals surface area (Å²) in [7, 11) is -2.59. The van der Waals surface area contributed by atoms with Crippen molar-refractivity contribution in [2.45, 2.75) is 23.8 Å². The molecule has 3 aromatic carbocycles. The Hall–Kier alpha value is -3.10. The molecule has 0 N–H and O–H groups in total. The number of methoxy groups -OCH3 is 1. The first-order chi connectivity index (χ1) is 16.3. The fraction of sp³-hybridized carbons (Fsp3) is 0.240. The summed E-state index contributed by atoms with van der Waals surface area (Å²) < 4.78 is 46.8. The third-order valence-electron chi connectivity index (χ3n) is 5.85. The van der Waals surface area contributed by atoms with Gasteiger partial charge in [-0.1, -0.05) is 29.8 Å². The van der Waals surface area contributed by atoms with Crippen LogP contribution in [0, 0.1) is 5.82 Å². The molecule has 1 heterocycles. The highest BCUT2D eigenvalue weighted by Crippen LogP contribution is 2.33. The standard InChI is InChI=1S/C25H24ClFN2O4S/c1-33-22-11-13-23(14-12-22)34(31,32)29(21-5-2-4-19(26)16-21)17-25(30)28-15-3-6-24(28)18-7-9-20(27)10-8-18/h2,4-5,7-14,16,24H,3,6,15,17H2,1H3. The maximum atomic E-state index is 13.6. The molecule has 178 valence electrons. The van der Waals surface area contributed by atoms with Crippen LogP contribution in [0.4, 0.5) is 10.1 Å². The van der Waals surface area contributed by atoms with Crippen LogP contribution in [0.5, 0.6) is 5.75 Å². The van der Waals surface area contributed by atoms with Crippen LogP contribution in [0.2, 0.25) is 5.02 Å². The van der Waals surface area contributed by atoms with Gasteiger partial charge in [-0.25, -0.2) is 12.8 Å². The Morgan fingerprint density at radius 1 is 1.12 bits per heavy atom. The third-order valence-corrected chi connectivity index (χ3v) is 7.87. The van der Waals surface area contributed by atoms with E-state index in [0.29, 0.717) is 17.3 Å². The van der Waals surface area contributed by atoms with Gasteiger partial charge in [-0.3, -0.25) is 9.10 Å². The van der Waals surface area contributed by atoms with Crippen LogP contribution in [0.1, 0.15) is 24.4 Å². The van der Waals surface area contributed by atoms with E-state index >= 15 is 0 Å². The highest BCUT2D eigenvalue weighted by molar-refractivity contribution is 7.92. The second-order valence-electron chi connectivity index (χ2n) is 7.96. The van der Waals surface area contributed by atoms with Gasteiger partial charge in [-0.2, -0.15) is 0 Å². The molecule has 1 amide bonds. The minimum Gasteiger partial charge on any atom is -0.497 e. The van der Waals surface area contributed by atoms with E-state index in [1.807, 2.05) is 0 Å². The van der Waals surface area contributed by atoms with E-state index in [2.05, 4.69) is 0 Å². The maximum absolute atomic E-state index is 13.6. The number of carbonyl (C=O) groups is 1. The highest BCUT2D eigenvalue weighted by atomic mass is 35.5. The van der Waals surface area contributed by atoms with Crippen molar-refractivity contribution in [1.82, 2.24) is 4.90 Å². The molecule has 1 aliphatic heterocycles. The SMILES string of the molecule is COc1ccc(S(=O)(=O)N(CC(=O)N2CCCC2c2ccc(F)cc2)c2cccc(Cl)c2)cc1. The summed E-state index contributed by atoms with van der Waals surface area (Å²) in [5.41, 5.74) is 1.11. The van der Waals surface area contributed by atoms with Crippen LogP contribution >= 0.6 is 11.6 Å². The fourth-order valence-corrected chi connectivity index (χ4v) is 5.72. The smallest absolute Gasteiger partial charge is 0.264 e. The monoisotopic (exact) mass is 502 g/mol. The number of benzene rings is 3. The Labute approximate surface area is 203 Å². The molecular weight excluding hydrogens is 479 g/mol. The number of anilines is 1. The molecule has 3 aromatic rings. The number of sulfonamides is 1. The predicted octanol–water partition coefficient (Wildman–Crippen LogP) is 5.05. The first-order valence-electron chi connectivity index (χ1n) is 10.8. The fourth-order valence-electron chi connectivity index (χ4n) is 4.13. The normalized spacial score (nSPS) is 15.9. The Morgan fingerprint density at radius 2 is 1.82 bits per heavy atom. The van der Waals surface area contributed by atoms with Gasteiger partial charge < -0.3 is 9.64 Å². The van der Waals surface area contributed by atoms with Crippen molar-refractivity contribution in [2.24, 2.45) is 0 Å². The summed E-state index contributed by atoms with van der Waals surface area (Å²) >= 11 is 6.14. The summed E-state index contributed by atoms with van der Waals surface area (Å²) in [5, 5.41) is 0.352. The molecule has 0 aliphatic carbocycles. The van der Waals surface area contributed by atoms with Gasteiger partial charge in [0, 0.05) is 11.6 Å². The Bertz CT molecular complexity index is 1270. The molecular formula is C25H24ClFN2O4S. The summed E-state index contributed by atoms with van der Waals surface area (Å²) in [6.45, 7) is 0.0965. The number of rotatable bonds is 7. The zero-order valence-corrected chi connectivity index (χ0v) is 20.1. The van der Waals surface area contributed by atoms with E-state index in [4.69, 9.17) is 16.3 Å². The zero-order valence-electron chi connectivity index (χ0n) is 18.5. The van der Waals surface area contributed by atoms with E-state index in [9.17, 15) is 17.6 Å². The maximum Gasteiger partial charge on any atom is 0.264 e. The lowest BCUT2D eigenvalue weighted by molar-refractivity contribution is -0.130. The van der Waals surface area contributed by atoms with E-state index in [1.165, 1.54) is 37.4 Å². The summed E-state index contributed by atoms with van der Waals surface area (Å²) in [6.07, 6.45) is 1.50. The van der Waals surface area contributed by atoms with Crippen LogP contribution in [-0.2, 0) is 14.8 Å². The topological polar surface area (TPSA) is 66.9 Å². The number of halogens is 2. The molecule has 6 nitrogen and oxygen atoms in total. The van der Waals surface area contributed by atoms with Crippen molar-refractivity contribution in [3.05, 3.63) is 89.2 Å². The summed E-state index contributed by atoms with van der Waals surface area (Å²) in [5.74, 6) is -0.176. The van der Waals surface area contributed by atoms with Crippen molar-refractivity contribution in [3.63, 3.8) is 0 Å². The number of hydrogen-bond donors (Lipinski definition) is 0. The molecule has 4 rings (SSSR count). The van der Waals surface area contributed by atoms with Crippen molar-refractivity contribution >= 4 is 33.2 Å². The minimum absolute atomic E-state index is 0.0255. The van der Waals surface area contributed by atoms with Crippen molar-refractivity contribution < 1.29 is 22.3 Å². The minimum atomic E-state index is -4.09. The average molecular weight is 503 g/mol. The van der Waals surface area contributed by atoms with Crippen molar-refractivity contribution in [1.29, 1.82) is 0 Å². The van der Waals surface area contributed by atoms with Gasteiger partial charge in [-0.15, -0.1) is 0 Å². The van der Waals surface area contributed by atoms with Gasteiger partial charge in [0.05, 0.1) is 23.7 Å². The van der Waals surface area contributed by atoms with Gasteiger partial charge in [0.1, 0.15) is 18.1 Å². The van der Waals surface area contributed by atoms with Gasteiger partial charge in [0.2, 0.25) is 5.91 Å². The lowest BCUT2D eigenvalue weighted by Gasteiger charge is -2.30. The lowest BCUT2D eigenvalue weighted by Crippen LogP contribution is -2.42. The van der Waals surface area contributed by atoms with Crippen LogP contribution in [0.25, 0.3) is 0 Å². The molecule has 1 atom stereocenters. The number of carbonyl (C=O) groups excluding carboxylic acids is 1. The van der Waals surface area contributed by atoms with Gasteiger partial charge in [0.15, 0.2) is 0 Å². The molecule has 1 aliphatic rings. The highest BCUT2D eigenvalue weighted by Gasteiger charge is 2.34. The summed E-state index contributed by atoms with van der Waals surface area (Å²) in [6, 6.07) is 18.2. The Balaban J connectivity index is 1.66. The van der Waals surface area contributed by atoms with Crippen LogP contribution < -0.4 is 9.04 Å². The van der Waals surface area contributed by atoms with Crippen molar-refractivity contribution in [2.75, 3.05) is 24.5 Å². The molecule has 34 heavy (non-hydrogen) atoms. The molecule has 0 saturated carbocycles. The number of likely N-dealkylation sites (tertiary alicyclic amines) is 1. The number of ether oxygens (including phenoxy) is 1. The molecule has 1 unspecified atom stereocenters. The third kappa shape index (κ3) is 5.03. The van der Waals surface area contributed by atoms with Crippen LogP contribution in [0.3, 0.4) is 0 Å². The average Bonchev–Trinajstić information content (AvgIpc) is 3.33. The summed E-state index contributed by atoms with van der Waals surface area (Å²) in [4.78, 5) is 15.1. The van der Waals surface area contributed by atoms with Gasteiger partial charge in [-0.05, 0) is 73.0 Å². The molecule has 0 aromatic heterocycles. The number of nitrogens with zero attached hydrogens (tertiary/aromatic N) is 2. The predicted molar refractivity (Wildman–Crippen MR) is 129 cm³/mol. The van der Waals surface area contributed by atoms with Crippen LogP contribution in [-0.4, -0.2) is 39.4 Å². The quantitative estimate of drug-likeness (QED) is 0.453. The first kappa shape index (κ1) is 24.0. The second kappa shape index (κ2) is 10.0. The lowest BCUT2D eigenvalue weighted by atomic mass is 10.0. The number of amides is 1. The van der Waals surface area contributed by atoms with Crippen molar-refractivity contribution in [3.8, 4) is 5.75 Å². The Kier molecular flexibility index (Phi) is 7.09. The zero-order chi connectivity index (χ0) is 24.3. The molecule has 0 bridgehead atoms. The van der Waals surface area contributed by atoms with E-state index in [-0.39, 0.29) is 28.3 Å². The van der Waals surface area contributed by atoms with E-state index < -0.39 is 16.6 Å². The molecule has 1 fully saturated rings. The van der Waals surface area contributed by atoms with Crippen LogP contribution in [0.15, 0.2) is 77.7 Å². The molecule has 9 heteroatoms. The number of hydrogen-bond acceptors (Lipinski definition) is 4. The molecule has 0 radical (unpaired) electrons. The first-order valence-corrected chi connectivity index (χ1v) is 12.6. The molecule has 1 saturated heterocycles. The van der Waals surface area contributed by atoms with Gasteiger partial charge in [0.25, 0.3) is 10.0 Å². The van der Waals surface area contributed by atoms with E-state index in [0.717, 1.165) is 22.7 Å². The second-order valence-corrected chi connectivity index (χ2v) is 10.3. The van der Waals surface area contributed by atoms with E-state index in [1.54, 1.807) is 47.4 Å². The Morgan fingerprint density at radius 3 is 2.47 bits per heavy atom.